The molecule has 8 heteroatoms. The Morgan fingerprint density at radius 2 is 1.74 bits per heavy atom. The minimum absolute atomic E-state index is 0.111. The molecular formula is C19H17F3O4S. The summed E-state index contributed by atoms with van der Waals surface area (Å²) in [7, 11) is -3.45. The molecule has 2 rings (SSSR count). The van der Waals surface area contributed by atoms with Crippen molar-refractivity contribution >= 4 is 21.9 Å². The van der Waals surface area contributed by atoms with E-state index in [9.17, 15) is 26.4 Å². The number of hydrogen-bond acceptors (Lipinski definition) is 4. The van der Waals surface area contributed by atoms with Crippen molar-refractivity contribution in [1.29, 1.82) is 0 Å². The lowest BCUT2D eigenvalue weighted by Gasteiger charge is -2.06. The van der Waals surface area contributed by atoms with Gasteiger partial charge >= 0.3 is 12.1 Å². The second kappa shape index (κ2) is 8.85. The van der Waals surface area contributed by atoms with Crippen molar-refractivity contribution in [1.82, 2.24) is 0 Å². The number of sulfone groups is 1. The zero-order valence-electron chi connectivity index (χ0n) is 14.1. The molecule has 2 aromatic carbocycles. The summed E-state index contributed by atoms with van der Waals surface area (Å²) in [5, 5.41) is 0. The molecular weight excluding hydrogens is 381 g/mol. The van der Waals surface area contributed by atoms with Crippen molar-refractivity contribution in [2.75, 3.05) is 12.4 Å². The van der Waals surface area contributed by atoms with E-state index in [1.54, 1.807) is 18.2 Å². The van der Waals surface area contributed by atoms with E-state index in [1.165, 1.54) is 30.3 Å². The van der Waals surface area contributed by atoms with Gasteiger partial charge in [0.15, 0.2) is 9.84 Å². The number of benzene rings is 2. The first-order chi connectivity index (χ1) is 12.7. The lowest BCUT2D eigenvalue weighted by molar-refractivity contribution is -0.138. The topological polar surface area (TPSA) is 60.4 Å². The molecule has 0 saturated heterocycles. The van der Waals surface area contributed by atoms with Crippen molar-refractivity contribution in [2.24, 2.45) is 0 Å². The Morgan fingerprint density at radius 3 is 2.41 bits per heavy atom. The molecule has 0 aromatic heterocycles. The van der Waals surface area contributed by atoms with Crippen LogP contribution >= 0.6 is 0 Å². The van der Waals surface area contributed by atoms with Gasteiger partial charge in [-0.2, -0.15) is 13.2 Å². The predicted octanol–water partition coefficient (Wildman–Crippen LogP) is 4.13. The molecule has 0 aliphatic rings. The standard InChI is InChI=1S/C19H17F3O4S/c20-19(21,22)16-7-4-6-15(14-16)10-11-18(23)26-12-5-13-27(24,25)17-8-2-1-3-9-17/h1-4,6-11,14H,5,12-13H2/b11-10+. The van der Waals surface area contributed by atoms with Crippen LogP contribution < -0.4 is 0 Å². The van der Waals surface area contributed by atoms with Crippen LogP contribution in [0.3, 0.4) is 0 Å². The fourth-order valence-electron chi connectivity index (χ4n) is 2.20. The van der Waals surface area contributed by atoms with Crippen LogP contribution in [0.15, 0.2) is 65.6 Å². The molecule has 0 fully saturated rings. The van der Waals surface area contributed by atoms with Crippen LogP contribution in [0.4, 0.5) is 13.2 Å². The van der Waals surface area contributed by atoms with Crippen molar-refractivity contribution in [2.45, 2.75) is 17.5 Å². The van der Waals surface area contributed by atoms with Crippen molar-refractivity contribution < 1.29 is 31.1 Å². The maximum atomic E-state index is 12.6. The lowest BCUT2D eigenvalue weighted by atomic mass is 10.1. The number of esters is 1. The SMILES string of the molecule is O=C(/C=C/c1cccc(C(F)(F)F)c1)OCCCS(=O)(=O)c1ccccc1. The molecule has 0 amide bonds. The Balaban J connectivity index is 1.82. The fourth-order valence-corrected chi connectivity index (χ4v) is 3.50. The molecule has 0 saturated carbocycles. The first kappa shape index (κ1) is 20.7. The van der Waals surface area contributed by atoms with Crippen molar-refractivity contribution in [3.05, 3.63) is 71.8 Å². The highest BCUT2D eigenvalue weighted by atomic mass is 32.2. The molecule has 0 N–H and O–H groups in total. The van der Waals surface area contributed by atoms with E-state index >= 15 is 0 Å². The van der Waals surface area contributed by atoms with Gasteiger partial charge in [0.25, 0.3) is 0 Å². The monoisotopic (exact) mass is 398 g/mol. The average Bonchev–Trinajstić information content (AvgIpc) is 2.64. The highest BCUT2D eigenvalue weighted by Crippen LogP contribution is 2.29. The minimum Gasteiger partial charge on any atom is -0.462 e. The molecule has 0 bridgehead atoms. The zero-order chi connectivity index (χ0) is 19.9. The quantitative estimate of drug-likeness (QED) is 0.400. The first-order valence-corrected chi connectivity index (χ1v) is 9.64. The van der Waals surface area contributed by atoms with Crippen molar-refractivity contribution in [3.8, 4) is 0 Å². The fraction of sp³-hybridized carbons (Fsp3) is 0.211. The molecule has 0 radical (unpaired) electrons. The second-order valence-corrected chi connectivity index (χ2v) is 7.72. The highest BCUT2D eigenvalue weighted by Gasteiger charge is 2.30. The Bertz CT molecular complexity index is 904. The van der Waals surface area contributed by atoms with Gasteiger partial charge in [0.05, 0.1) is 22.8 Å². The number of alkyl halides is 3. The van der Waals surface area contributed by atoms with E-state index < -0.39 is 27.5 Å². The number of carbonyl (C=O) groups is 1. The summed E-state index contributed by atoms with van der Waals surface area (Å²) in [6.45, 7) is -0.113. The third-order valence-corrected chi connectivity index (χ3v) is 5.35. The lowest BCUT2D eigenvalue weighted by Crippen LogP contribution is -2.11. The number of carbonyl (C=O) groups excluding carboxylic acids is 1. The molecule has 144 valence electrons. The van der Waals surface area contributed by atoms with Crippen LogP contribution in [0.5, 0.6) is 0 Å². The normalized spacial score (nSPS) is 12.3. The van der Waals surface area contributed by atoms with Crippen LogP contribution in [0.1, 0.15) is 17.5 Å². The molecule has 2 aromatic rings. The summed E-state index contributed by atoms with van der Waals surface area (Å²) >= 11 is 0. The van der Waals surface area contributed by atoms with E-state index in [0.29, 0.717) is 0 Å². The maximum absolute atomic E-state index is 12.6. The van der Waals surface area contributed by atoms with Gasteiger partial charge in [-0.1, -0.05) is 30.3 Å². The summed E-state index contributed by atoms with van der Waals surface area (Å²) in [5.74, 6) is -0.939. The van der Waals surface area contributed by atoms with E-state index in [0.717, 1.165) is 18.2 Å². The number of rotatable bonds is 7. The maximum Gasteiger partial charge on any atom is 0.416 e. The van der Waals surface area contributed by atoms with Crippen LogP contribution in [-0.2, 0) is 25.5 Å². The summed E-state index contributed by atoms with van der Waals surface area (Å²) in [6.07, 6.45) is -2.14. The Labute approximate surface area is 155 Å². The molecule has 0 unspecified atom stereocenters. The van der Waals surface area contributed by atoms with Gasteiger partial charge in [0.2, 0.25) is 0 Å². The van der Waals surface area contributed by atoms with Gasteiger partial charge in [-0.3, -0.25) is 0 Å². The molecule has 27 heavy (non-hydrogen) atoms. The minimum atomic E-state index is -4.46. The average molecular weight is 398 g/mol. The molecule has 0 heterocycles. The summed E-state index contributed by atoms with van der Waals surface area (Å²) in [4.78, 5) is 11.8. The van der Waals surface area contributed by atoms with Crippen LogP contribution in [0.25, 0.3) is 6.08 Å². The Morgan fingerprint density at radius 1 is 1.04 bits per heavy atom. The second-order valence-electron chi connectivity index (χ2n) is 5.61. The van der Waals surface area contributed by atoms with E-state index in [2.05, 4.69) is 0 Å². The Kier molecular flexibility index (Phi) is 6.79. The van der Waals surface area contributed by atoms with E-state index in [-0.39, 0.29) is 29.2 Å². The van der Waals surface area contributed by atoms with E-state index in [1.807, 2.05) is 0 Å². The highest BCUT2D eigenvalue weighted by molar-refractivity contribution is 7.91. The summed E-state index contributed by atoms with van der Waals surface area (Å²) in [6, 6.07) is 12.4. The largest absolute Gasteiger partial charge is 0.462 e. The number of halogens is 3. The number of hydrogen-bond donors (Lipinski definition) is 0. The molecule has 0 spiro atoms. The van der Waals surface area contributed by atoms with Crippen LogP contribution in [0, 0.1) is 0 Å². The van der Waals surface area contributed by atoms with Crippen LogP contribution in [0.2, 0.25) is 0 Å². The summed E-state index contributed by atoms with van der Waals surface area (Å²) in [5.41, 5.74) is -0.613. The van der Waals surface area contributed by atoms with E-state index in [4.69, 9.17) is 4.74 Å². The first-order valence-electron chi connectivity index (χ1n) is 7.98. The van der Waals surface area contributed by atoms with Gasteiger partial charge in [0, 0.05) is 6.08 Å². The van der Waals surface area contributed by atoms with Crippen LogP contribution in [-0.4, -0.2) is 26.7 Å². The third kappa shape index (κ3) is 6.56. The molecule has 0 atom stereocenters. The van der Waals surface area contributed by atoms with Crippen molar-refractivity contribution in [3.63, 3.8) is 0 Å². The van der Waals surface area contributed by atoms with Gasteiger partial charge in [-0.25, -0.2) is 13.2 Å². The molecule has 0 aliphatic carbocycles. The van der Waals surface area contributed by atoms with Gasteiger partial charge < -0.3 is 4.74 Å². The molecule has 0 aliphatic heterocycles. The van der Waals surface area contributed by atoms with Gasteiger partial charge in [0.1, 0.15) is 0 Å². The Hall–Kier alpha value is -2.61. The van der Waals surface area contributed by atoms with Gasteiger partial charge in [-0.15, -0.1) is 0 Å². The van der Waals surface area contributed by atoms with Gasteiger partial charge in [-0.05, 0) is 42.3 Å². The zero-order valence-corrected chi connectivity index (χ0v) is 15.0. The summed E-state index contributed by atoms with van der Waals surface area (Å²) < 4.78 is 66.9. The molecule has 4 nitrogen and oxygen atoms in total. The predicted molar refractivity (Wildman–Crippen MR) is 94.5 cm³/mol. The number of ether oxygens (including phenoxy) is 1. The smallest absolute Gasteiger partial charge is 0.416 e. The third-order valence-electron chi connectivity index (χ3n) is 3.53.